The minimum Gasteiger partial charge on any atom is -0.493 e. The summed E-state index contributed by atoms with van der Waals surface area (Å²) in [6, 6.07) is 9.70. The molecule has 0 radical (unpaired) electrons. The lowest BCUT2D eigenvalue weighted by molar-refractivity contribution is -0.385. The topological polar surface area (TPSA) is 86.5 Å². The van der Waals surface area contributed by atoms with Crippen molar-refractivity contribution in [2.45, 2.75) is 6.61 Å². The van der Waals surface area contributed by atoms with Crippen LogP contribution >= 0.6 is 0 Å². The predicted octanol–water partition coefficient (Wildman–Crippen LogP) is 2.62. The van der Waals surface area contributed by atoms with Crippen LogP contribution in [0.15, 0.2) is 36.4 Å². The molecule has 7 heteroatoms. The number of ether oxygens (including phenoxy) is 2. The highest BCUT2D eigenvalue weighted by Gasteiger charge is 2.12. The Kier molecular flexibility index (Phi) is 4.55. The van der Waals surface area contributed by atoms with Gasteiger partial charge in [0, 0.05) is 13.1 Å². The number of hydrogen-bond acceptors (Lipinski definition) is 6. The summed E-state index contributed by atoms with van der Waals surface area (Å²) in [4.78, 5) is 14.6. The van der Waals surface area contributed by atoms with Crippen LogP contribution in [0.2, 0.25) is 0 Å². The summed E-state index contributed by atoms with van der Waals surface area (Å²) in [6.45, 7) is 0.188. The van der Waals surface area contributed by atoms with Gasteiger partial charge in [-0.3, -0.25) is 10.1 Å². The minimum absolute atomic E-state index is 0.0530. The fourth-order valence-corrected chi connectivity index (χ4v) is 1.74. The van der Waals surface area contributed by atoms with E-state index in [4.69, 9.17) is 9.47 Å². The van der Waals surface area contributed by atoms with Gasteiger partial charge in [-0.2, -0.15) is 0 Å². The van der Waals surface area contributed by atoms with Crippen LogP contribution in [0.3, 0.4) is 0 Å². The maximum atomic E-state index is 10.8. The molecule has 0 spiro atoms. The van der Waals surface area contributed by atoms with Crippen molar-refractivity contribution >= 4 is 11.5 Å². The zero-order valence-electron chi connectivity index (χ0n) is 11.7. The van der Waals surface area contributed by atoms with E-state index >= 15 is 0 Å². The van der Waals surface area contributed by atoms with Crippen molar-refractivity contribution in [3.63, 3.8) is 0 Å². The van der Waals surface area contributed by atoms with Crippen LogP contribution in [-0.4, -0.2) is 24.1 Å². The fourth-order valence-electron chi connectivity index (χ4n) is 1.74. The van der Waals surface area contributed by atoms with Crippen molar-refractivity contribution in [3.8, 4) is 11.5 Å². The average Bonchev–Trinajstić information content (AvgIpc) is 2.52. The van der Waals surface area contributed by atoms with Gasteiger partial charge in [0.1, 0.15) is 12.4 Å². The van der Waals surface area contributed by atoms with Gasteiger partial charge in [0.15, 0.2) is 11.5 Å². The van der Waals surface area contributed by atoms with E-state index in [2.05, 4.69) is 10.3 Å². The van der Waals surface area contributed by atoms with Crippen molar-refractivity contribution in [2.75, 3.05) is 19.5 Å². The number of nitro benzene ring substituents is 1. The molecule has 0 saturated carbocycles. The summed E-state index contributed by atoms with van der Waals surface area (Å²) >= 11 is 0. The molecule has 0 amide bonds. The van der Waals surface area contributed by atoms with Gasteiger partial charge in [0.2, 0.25) is 0 Å². The Morgan fingerprint density at radius 3 is 2.76 bits per heavy atom. The molecule has 0 saturated heterocycles. The zero-order valence-corrected chi connectivity index (χ0v) is 11.7. The molecule has 0 aliphatic heterocycles. The van der Waals surface area contributed by atoms with Gasteiger partial charge in [-0.25, -0.2) is 4.98 Å². The van der Waals surface area contributed by atoms with Crippen LogP contribution in [0.5, 0.6) is 11.5 Å². The monoisotopic (exact) mass is 289 g/mol. The van der Waals surface area contributed by atoms with Crippen molar-refractivity contribution < 1.29 is 14.4 Å². The standard InChI is InChI=1S/C14H15N3O4/c1-15-14-5-3-4-10(16-14)9-21-13-8-11(17(18)19)6-7-12(13)20-2/h3-8H,9H2,1-2H3,(H,15,16). The van der Waals surface area contributed by atoms with Gasteiger partial charge in [-0.15, -0.1) is 0 Å². The second kappa shape index (κ2) is 6.56. The first-order valence-electron chi connectivity index (χ1n) is 6.23. The number of hydrogen-bond donors (Lipinski definition) is 1. The van der Waals surface area contributed by atoms with Gasteiger partial charge < -0.3 is 14.8 Å². The number of benzene rings is 1. The van der Waals surface area contributed by atoms with E-state index in [-0.39, 0.29) is 12.3 Å². The second-order valence-electron chi connectivity index (χ2n) is 4.15. The molecule has 0 fully saturated rings. The van der Waals surface area contributed by atoms with E-state index in [1.165, 1.54) is 25.3 Å². The Bertz CT molecular complexity index is 646. The lowest BCUT2D eigenvalue weighted by atomic mass is 10.3. The van der Waals surface area contributed by atoms with Crippen LogP contribution in [0.25, 0.3) is 0 Å². The number of pyridine rings is 1. The molecule has 2 aromatic rings. The largest absolute Gasteiger partial charge is 0.493 e. The first-order chi connectivity index (χ1) is 10.1. The minimum atomic E-state index is -0.480. The first-order valence-corrected chi connectivity index (χ1v) is 6.23. The molecular weight excluding hydrogens is 274 g/mol. The number of methoxy groups -OCH3 is 1. The Morgan fingerprint density at radius 1 is 1.29 bits per heavy atom. The molecule has 1 N–H and O–H groups in total. The molecule has 110 valence electrons. The third-order valence-electron chi connectivity index (χ3n) is 2.80. The lowest BCUT2D eigenvalue weighted by Crippen LogP contribution is -2.02. The molecule has 0 bridgehead atoms. The lowest BCUT2D eigenvalue weighted by Gasteiger charge is -2.10. The maximum absolute atomic E-state index is 10.8. The van der Waals surface area contributed by atoms with Gasteiger partial charge >= 0.3 is 0 Å². The molecule has 0 unspecified atom stereocenters. The van der Waals surface area contributed by atoms with Crippen molar-refractivity contribution in [1.82, 2.24) is 4.98 Å². The molecule has 0 aliphatic rings. The molecule has 1 aromatic heterocycles. The van der Waals surface area contributed by atoms with E-state index in [1.54, 1.807) is 7.05 Å². The molecule has 7 nitrogen and oxygen atoms in total. The fraction of sp³-hybridized carbons (Fsp3) is 0.214. The Balaban J connectivity index is 2.17. The van der Waals surface area contributed by atoms with Gasteiger partial charge in [-0.05, 0) is 18.2 Å². The highest BCUT2D eigenvalue weighted by Crippen LogP contribution is 2.31. The predicted molar refractivity (Wildman–Crippen MR) is 77.8 cm³/mol. The van der Waals surface area contributed by atoms with Gasteiger partial charge in [0.25, 0.3) is 5.69 Å². The number of nitro groups is 1. The molecule has 0 aliphatic carbocycles. The normalized spacial score (nSPS) is 10.0. The molecular formula is C14H15N3O4. The summed E-state index contributed by atoms with van der Waals surface area (Å²) in [7, 11) is 3.25. The summed E-state index contributed by atoms with van der Waals surface area (Å²) in [5.41, 5.74) is 0.651. The SMILES string of the molecule is CNc1cccc(COc2cc([N+](=O)[O-])ccc2OC)n1. The van der Waals surface area contributed by atoms with Gasteiger partial charge in [0.05, 0.1) is 23.8 Å². The number of nitrogens with zero attached hydrogens (tertiary/aromatic N) is 2. The number of nitrogens with one attached hydrogen (secondary N) is 1. The summed E-state index contributed by atoms with van der Waals surface area (Å²) < 4.78 is 10.7. The van der Waals surface area contributed by atoms with Crippen molar-refractivity contribution in [3.05, 3.63) is 52.2 Å². The van der Waals surface area contributed by atoms with E-state index in [1.807, 2.05) is 18.2 Å². The van der Waals surface area contributed by atoms with E-state index < -0.39 is 4.92 Å². The van der Waals surface area contributed by atoms with Crippen LogP contribution in [0, 0.1) is 10.1 Å². The Labute approximate surface area is 121 Å². The number of aromatic nitrogens is 1. The quantitative estimate of drug-likeness (QED) is 0.649. The third kappa shape index (κ3) is 3.59. The molecule has 1 heterocycles. The summed E-state index contributed by atoms with van der Waals surface area (Å²) in [6.07, 6.45) is 0. The van der Waals surface area contributed by atoms with E-state index in [0.29, 0.717) is 17.2 Å². The highest BCUT2D eigenvalue weighted by atomic mass is 16.6. The maximum Gasteiger partial charge on any atom is 0.273 e. The smallest absolute Gasteiger partial charge is 0.273 e. The van der Waals surface area contributed by atoms with E-state index in [0.717, 1.165) is 5.82 Å². The Hall–Kier alpha value is -2.83. The second-order valence-corrected chi connectivity index (χ2v) is 4.15. The molecule has 0 atom stereocenters. The highest BCUT2D eigenvalue weighted by molar-refractivity contribution is 5.48. The molecule has 2 rings (SSSR count). The summed E-state index contributed by atoms with van der Waals surface area (Å²) in [5.74, 6) is 1.47. The molecule has 21 heavy (non-hydrogen) atoms. The van der Waals surface area contributed by atoms with Crippen LogP contribution in [-0.2, 0) is 6.61 Å². The average molecular weight is 289 g/mol. The van der Waals surface area contributed by atoms with Crippen LogP contribution in [0.1, 0.15) is 5.69 Å². The van der Waals surface area contributed by atoms with Crippen molar-refractivity contribution in [1.29, 1.82) is 0 Å². The van der Waals surface area contributed by atoms with Crippen molar-refractivity contribution in [2.24, 2.45) is 0 Å². The number of rotatable bonds is 6. The van der Waals surface area contributed by atoms with Crippen LogP contribution in [0.4, 0.5) is 11.5 Å². The number of non-ortho nitro benzene ring substituents is 1. The zero-order chi connectivity index (χ0) is 15.2. The first kappa shape index (κ1) is 14.6. The Morgan fingerprint density at radius 2 is 2.10 bits per heavy atom. The van der Waals surface area contributed by atoms with Crippen LogP contribution < -0.4 is 14.8 Å². The summed E-state index contributed by atoms with van der Waals surface area (Å²) in [5, 5.41) is 13.7. The molecule has 1 aromatic carbocycles. The van der Waals surface area contributed by atoms with Gasteiger partial charge in [-0.1, -0.05) is 6.07 Å². The third-order valence-corrected chi connectivity index (χ3v) is 2.80. The van der Waals surface area contributed by atoms with E-state index in [9.17, 15) is 10.1 Å². The number of anilines is 1.